The number of aryl methyl sites for hydroxylation is 1. The molecule has 2 atom stereocenters. The van der Waals surface area contributed by atoms with Crippen molar-refractivity contribution in [2.24, 2.45) is 11.7 Å². The van der Waals surface area contributed by atoms with E-state index < -0.39 is 0 Å². The van der Waals surface area contributed by atoms with Gasteiger partial charge in [0.05, 0.1) is 4.47 Å². The van der Waals surface area contributed by atoms with Gasteiger partial charge in [0.15, 0.2) is 0 Å². The van der Waals surface area contributed by atoms with Crippen molar-refractivity contribution in [1.82, 2.24) is 0 Å². The summed E-state index contributed by atoms with van der Waals surface area (Å²) in [4.78, 5) is 0. The van der Waals surface area contributed by atoms with E-state index in [0.717, 1.165) is 24.8 Å². The van der Waals surface area contributed by atoms with Crippen LogP contribution in [-0.4, -0.2) is 0 Å². The largest absolute Gasteiger partial charge is 0.324 e. The second kappa shape index (κ2) is 5.66. The summed E-state index contributed by atoms with van der Waals surface area (Å²) in [6.45, 7) is 0. The molecule has 0 spiro atoms. The summed E-state index contributed by atoms with van der Waals surface area (Å²) in [6.07, 6.45) is 3.07. The lowest BCUT2D eigenvalue weighted by Crippen LogP contribution is -2.28. The Kier molecular flexibility index (Phi) is 3.90. The Morgan fingerprint density at radius 2 is 2.00 bits per heavy atom. The van der Waals surface area contributed by atoms with Crippen molar-refractivity contribution in [1.29, 1.82) is 0 Å². The van der Waals surface area contributed by atoms with Crippen LogP contribution in [0.25, 0.3) is 0 Å². The van der Waals surface area contributed by atoms with E-state index in [2.05, 4.69) is 40.2 Å². The molecule has 0 saturated carbocycles. The lowest BCUT2D eigenvalue weighted by molar-refractivity contribution is 0.376. The Bertz CT molecular complexity index is 626. The fraction of sp³-hybridized carbons (Fsp3) is 0.294. The Hall–Kier alpha value is -1.19. The zero-order valence-electron chi connectivity index (χ0n) is 11.2. The first-order chi connectivity index (χ1) is 9.65. The van der Waals surface area contributed by atoms with Crippen molar-refractivity contribution in [3.05, 3.63) is 69.4 Å². The van der Waals surface area contributed by atoms with Crippen LogP contribution >= 0.6 is 15.9 Å². The van der Waals surface area contributed by atoms with E-state index in [1.807, 2.05) is 12.1 Å². The van der Waals surface area contributed by atoms with E-state index in [4.69, 9.17) is 5.73 Å². The molecule has 104 valence electrons. The zero-order chi connectivity index (χ0) is 14.1. The van der Waals surface area contributed by atoms with Crippen LogP contribution in [0.15, 0.2) is 46.9 Å². The first-order valence-electron chi connectivity index (χ1n) is 6.92. The van der Waals surface area contributed by atoms with Crippen LogP contribution in [0.2, 0.25) is 0 Å². The summed E-state index contributed by atoms with van der Waals surface area (Å²) < 4.78 is 13.8. The van der Waals surface area contributed by atoms with Gasteiger partial charge in [0, 0.05) is 6.04 Å². The van der Waals surface area contributed by atoms with Crippen molar-refractivity contribution in [3.63, 3.8) is 0 Å². The molecule has 2 N–H and O–H groups in total. The SMILES string of the molecule is NC1c2ccccc2CCC1Cc1ccc(F)c(Br)c1. The highest BCUT2D eigenvalue weighted by Crippen LogP contribution is 2.35. The van der Waals surface area contributed by atoms with Crippen LogP contribution in [-0.2, 0) is 12.8 Å². The monoisotopic (exact) mass is 333 g/mol. The standard InChI is InChI=1S/C17H17BrFN/c18-15-10-11(5-8-16(15)19)9-13-7-6-12-3-1-2-4-14(12)17(13)20/h1-5,8,10,13,17H,6-7,9,20H2. The Morgan fingerprint density at radius 3 is 2.80 bits per heavy atom. The molecular weight excluding hydrogens is 317 g/mol. The predicted molar refractivity (Wildman–Crippen MR) is 83.0 cm³/mol. The molecule has 1 aliphatic carbocycles. The first kappa shape index (κ1) is 13.8. The molecule has 1 nitrogen and oxygen atoms in total. The van der Waals surface area contributed by atoms with Crippen molar-refractivity contribution in [3.8, 4) is 0 Å². The minimum atomic E-state index is -0.216. The van der Waals surface area contributed by atoms with Gasteiger partial charge in [-0.1, -0.05) is 30.3 Å². The first-order valence-corrected chi connectivity index (χ1v) is 7.72. The van der Waals surface area contributed by atoms with E-state index in [1.54, 1.807) is 0 Å². The Balaban J connectivity index is 1.81. The number of hydrogen-bond donors (Lipinski definition) is 1. The molecule has 20 heavy (non-hydrogen) atoms. The van der Waals surface area contributed by atoms with Gasteiger partial charge in [-0.3, -0.25) is 0 Å². The van der Waals surface area contributed by atoms with Gasteiger partial charge < -0.3 is 5.73 Å². The molecule has 0 radical (unpaired) electrons. The summed E-state index contributed by atoms with van der Waals surface area (Å²) in [7, 11) is 0. The average molecular weight is 334 g/mol. The van der Waals surface area contributed by atoms with E-state index in [1.165, 1.54) is 17.2 Å². The van der Waals surface area contributed by atoms with Crippen molar-refractivity contribution < 1.29 is 4.39 Å². The van der Waals surface area contributed by atoms with Crippen LogP contribution in [0.4, 0.5) is 4.39 Å². The van der Waals surface area contributed by atoms with Crippen LogP contribution in [0.3, 0.4) is 0 Å². The molecule has 2 unspecified atom stereocenters. The maximum atomic E-state index is 13.3. The van der Waals surface area contributed by atoms with Gasteiger partial charge in [0.2, 0.25) is 0 Å². The predicted octanol–water partition coefficient (Wildman–Crippen LogP) is 4.39. The number of halogens is 2. The summed E-state index contributed by atoms with van der Waals surface area (Å²) in [5.41, 5.74) is 10.2. The number of benzene rings is 2. The Morgan fingerprint density at radius 1 is 1.20 bits per heavy atom. The molecule has 2 aromatic carbocycles. The third-order valence-corrected chi connectivity index (χ3v) is 4.80. The van der Waals surface area contributed by atoms with Gasteiger partial charge in [-0.25, -0.2) is 4.39 Å². The summed E-state index contributed by atoms with van der Waals surface area (Å²) in [5, 5.41) is 0. The molecule has 0 aliphatic heterocycles. The molecule has 0 saturated heterocycles. The topological polar surface area (TPSA) is 26.0 Å². The van der Waals surface area contributed by atoms with Crippen molar-refractivity contribution in [2.45, 2.75) is 25.3 Å². The van der Waals surface area contributed by atoms with Gasteiger partial charge in [-0.05, 0) is 69.9 Å². The molecule has 0 aromatic heterocycles. The van der Waals surface area contributed by atoms with E-state index in [-0.39, 0.29) is 11.9 Å². The molecule has 3 rings (SSSR count). The molecule has 1 aliphatic rings. The smallest absolute Gasteiger partial charge is 0.137 e. The quantitative estimate of drug-likeness (QED) is 0.866. The van der Waals surface area contributed by atoms with Gasteiger partial charge in [0.1, 0.15) is 5.82 Å². The van der Waals surface area contributed by atoms with Gasteiger partial charge >= 0.3 is 0 Å². The highest BCUT2D eigenvalue weighted by molar-refractivity contribution is 9.10. The molecule has 0 amide bonds. The number of fused-ring (bicyclic) bond motifs is 1. The van der Waals surface area contributed by atoms with Crippen molar-refractivity contribution >= 4 is 15.9 Å². The van der Waals surface area contributed by atoms with Gasteiger partial charge in [0.25, 0.3) is 0 Å². The Labute approximate surface area is 127 Å². The second-order valence-corrected chi connectivity index (χ2v) is 6.33. The van der Waals surface area contributed by atoms with Crippen LogP contribution < -0.4 is 5.73 Å². The van der Waals surface area contributed by atoms with E-state index >= 15 is 0 Å². The highest BCUT2D eigenvalue weighted by Gasteiger charge is 2.26. The third kappa shape index (κ3) is 2.65. The fourth-order valence-corrected chi connectivity index (χ4v) is 3.49. The van der Waals surface area contributed by atoms with Crippen LogP contribution in [0.5, 0.6) is 0 Å². The average Bonchev–Trinajstić information content (AvgIpc) is 2.46. The van der Waals surface area contributed by atoms with E-state index in [9.17, 15) is 4.39 Å². The molecule has 0 fully saturated rings. The fourth-order valence-electron chi connectivity index (χ4n) is 3.06. The molecule has 0 bridgehead atoms. The van der Waals surface area contributed by atoms with Gasteiger partial charge in [-0.15, -0.1) is 0 Å². The van der Waals surface area contributed by atoms with E-state index in [0.29, 0.717) is 10.4 Å². The van der Waals surface area contributed by atoms with Gasteiger partial charge in [-0.2, -0.15) is 0 Å². The number of hydrogen-bond acceptors (Lipinski definition) is 1. The molecular formula is C17H17BrFN. The maximum Gasteiger partial charge on any atom is 0.137 e. The summed E-state index contributed by atoms with van der Waals surface area (Å²) in [5.74, 6) is 0.203. The number of rotatable bonds is 2. The molecule has 3 heteroatoms. The minimum Gasteiger partial charge on any atom is -0.324 e. The highest BCUT2D eigenvalue weighted by atomic mass is 79.9. The second-order valence-electron chi connectivity index (χ2n) is 5.48. The molecule has 0 heterocycles. The summed E-state index contributed by atoms with van der Waals surface area (Å²) in [6, 6.07) is 13.7. The maximum absolute atomic E-state index is 13.3. The third-order valence-electron chi connectivity index (χ3n) is 4.19. The lowest BCUT2D eigenvalue weighted by atomic mass is 9.77. The van der Waals surface area contributed by atoms with Crippen LogP contribution in [0, 0.1) is 11.7 Å². The zero-order valence-corrected chi connectivity index (χ0v) is 12.7. The lowest BCUT2D eigenvalue weighted by Gasteiger charge is -2.31. The molecule has 2 aromatic rings. The summed E-state index contributed by atoms with van der Waals surface area (Å²) >= 11 is 3.25. The van der Waals surface area contributed by atoms with Crippen molar-refractivity contribution in [2.75, 3.05) is 0 Å². The minimum absolute atomic E-state index is 0.0729. The normalized spacial score (nSPS) is 21.6. The van der Waals surface area contributed by atoms with Crippen LogP contribution in [0.1, 0.15) is 29.2 Å². The number of nitrogens with two attached hydrogens (primary N) is 1.